The van der Waals surface area contributed by atoms with E-state index in [4.69, 9.17) is 0 Å². The summed E-state index contributed by atoms with van der Waals surface area (Å²) < 4.78 is 0. The first-order valence-electron chi connectivity index (χ1n) is 5.53. The van der Waals surface area contributed by atoms with Gasteiger partial charge in [0.2, 0.25) is 0 Å². The molecule has 0 bridgehead atoms. The highest BCUT2D eigenvalue weighted by molar-refractivity contribution is 5.92. The van der Waals surface area contributed by atoms with Crippen LogP contribution in [-0.2, 0) is 12.0 Å². The van der Waals surface area contributed by atoms with Crippen LogP contribution in [0.25, 0.3) is 0 Å². The Balaban J connectivity index is 2.40. The highest BCUT2D eigenvalue weighted by atomic mass is 16.2. The highest BCUT2D eigenvalue weighted by Crippen LogP contribution is 2.29. The molecule has 1 aromatic carbocycles. The number of fused-ring (bicyclic) bond motifs is 1. The monoisotopic (exact) mass is 218 g/mol. The van der Waals surface area contributed by atoms with Crippen molar-refractivity contribution in [2.75, 3.05) is 12.4 Å². The zero-order valence-corrected chi connectivity index (χ0v) is 10.3. The van der Waals surface area contributed by atoms with E-state index < -0.39 is 0 Å². The summed E-state index contributed by atoms with van der Waals surface area (Å²) in [6.45, 7) is 7.27. The Morgan fingerprint density at radius 3 is 2.62 bits per heavy atom. The number of amides is 2. The fourth-order valence-corrected chi connectivity index (χ4v) is 1.85. The molecule has 2 amide bonds. The van der Waals surface area contributed by atoms with E-state index in [2.05, 4.69) is 38.2 Å². The van der Waals surface area contributed by atoms with Crippen molar-refractivity contribution < 1.29 is 4.79 Å². The van der Waals surface area contributed by atoms with Crippen molar-refractivity contribution in [1.82, 2.24) is 4.90 Å². The quantitative estimate of drug-likeness (QED) is 0.713. The van der Waals surface area contributed by atoms with Crippen molar-refractivity contribution >= 4 is 11.7 Å². The number of urea groups is 1. The third-order valence-corrected chi connectivity index (χ3v) is 2.97. The molecule has 0 spiro atoms. The number of hydrogen-bond acceptors (Lipinski definition) is 1. The Labute approximate surface area is 96.5 Å². The van der Waals surface area contributed by atoms with Gasteiger partial charge < -0.3 is 10.2 Å². The zero-order chi connectivity index (χ0) is 11.9. The molecular formula is C13H18N2O. The molecule has 3 nitrogen and oxygen atoms in total. The van der Waals surface area contributed by atoms with Gasteiger partial charge >= 0.3 is 6.03 Å². The van der Waals surface area contributed by atoms with E-state index in [1.54, 1.807) is 4.90 Å². The predicted octanol–water partition coefficient (Wildman–Crippen LogP) is 2.96. The van der Waals surface area contributed by atoms with Crippen molar-refractivity contribution in [1.29, 1.82) is 0 Å². The van der Waals surface area contributed by atoms with Crippen LogP contribution >= 0.6 is 0 Å². The average molecular weight is 218 g/mol. The van der Waals surface area contributed by atoms with Crippen LogP contribution in [0.15, 0.2) is 18.2 Å². The summed E-state index contributed by atoms with van der Waals surface area (Å²) in [5.74, 6) is 0. The predicted molar refractivity (Wildman–Crippen MR) is 65.6 cm³/mol. The van der Waals surface area contributed by atoms with E-state index in [1.807, 2.05) is 13.1 Å². The summed E-state index contributed by atoms with van der Waals surface area (Å²) in [5, 5.41) is 2.88. The fourth-order valence-electron chi connectivity index (χ4n) is 1.85. The minimum Gasteiger partial charge on any atom is -0.323 e. The number of nitrogens with zero attached hydrogens (tertiary/aromatic N) is 1. The molecule has 0 unspecified atom stereocenters. The summed E-state index contributed by atoms with van der Waals surface area (Å²) in [6, 6.07) is 6.24. The van der Waals surface area contributed by atoms with Gasteiger partial charge in [0.25, 0.3) is 0 Å². The first-order chi connectivity index (χ1) is 7.38. The molecule has 0 atom stereocenters. The SMILES string of the molecule is CN1Cc2cc(C(C)(C)C)ccc2NC1=O. The van der Waals surface area contributed by atoms with Crippen molar-refractivity contribution in [3.63, 3.8) is 0 Å². The molecule has 0 fully saturated rings. The first-order valence-corrected chi connectivity index (χ1v) is 5.53. The van der Waals surface area contributed by atoms with E-state index in [1.165, 1.54) is 11.1 Å². The first kappa shape index (κ1) is 11.0. The van der Waals surface area contributed by atoms with E-state index in [0.717, 1.165) is 5.69 Å². The third kappa shape index (κ3) is 1.90. The number of nitrogens with one attached hydrogen (secondary N) is 1. The van der Waals surface area contributed by atoms with Crippen molar-refractivity contribution in [3.8, 4) is 0 Å². The summed E-state index contributed by atoms with van der Waals surface area (Å²) in [4.78, 5) is 13.1. The lowest BCUT2D eigenvalue weighted by Gasteiger charge is -2.28. The molecule has 1 aliphatic heterocycles. The molecule has 2 rings (SSSR count). The van der Waals surface area contributed by atoms with Crippen LogP contribution < -0.4 is 5.32 Å². The van der Waals surface area contributed by atoms with Gasteiger partial charge in [0.1, 0.15) is 0 Å². The second-order valence-electron chi connectivity index (χ2n) is 5.41. The van der Waals surface area contributed by atoms with E-state index >= 15 is 0 Å². The topological polar surface area (TPSA) is 32.3 Å². The summed E-state index contributed by atoms with van der Waals surface area (Å²) in [5.41, 5.74) is 3.58. The van der Waals surface area contributed by atoms with E-state index in [0.29, 0.717) is 6.54 Å². The van der Waals surface area contributed by atoms with Gasteiger partial charge in [0.05, 0.1) is 0 Å². The number of anilines is 1. The Bertz CT molecular complexity index is 432. The molecule has 0 radical (unpaired) electrons. The van der Waals surface area contributed by atoms with Gasteiger partial charge in [0, 0.05) is 19.3 Å². The number of benzene rings is 1. The van der Waals surface area contributed by atoms with Gasteiger partial charge in [0.15, 0.2) is 0 Å². The second-order valence-corrected chi connectivity index (χ2v) is 5.41. The Kier molecular flexibility index (Phi) is 2.41. The Morgan fingerprint density at radius 2 is 2.00 bits per heavy atom. The zero-order valence-electron chi connectivity index (χ0n) is 10.3. The minimum absolute atomic E-state index is 0.0315. The molecule has 1 N–H and O–H groups in total. The number of rotatable bonds is 0. The van der Waals surface area contributed by atoms with Gasteiger partial charge in [-0.1, -0.05) is 32.9 Å². The molecule has 16 heavy (non-hydrogen) atoms. The van der Waals surface area contributed by atoms with Crippen LogP contribution in [0.5, 0.6) is 0 Å². The highest BCUT2D eigenvalue weighted by Gasteiger charge is 2.21. The van der Waals surface area contributed by atoms with Crippen LogP contribution in [0, 0.1) is 0 Å². The van der Waals surface area contributed by atoms with Crippen LogP contribution in [0.2, 0.25) is 0 Å². The molecular weight excluding hydrogens is 200 g/mol. The summed E-state index contributed by atoms with van der Waals surface area (Å²) in [7, 11) is 1.81. The van der Waals surface area contributed by atoms with Crippen molar-refractivity contribution in [3.05, 3.63) is 29.3 Å². The molecule has 0 aliphatic carbocycles. The molecule has 0 saturated carbocycles. The Hall–Kier alpha value is -1.51. The molecule has 0 aromatic heterocycles. The largest absolute Gasteiger partial charge is 0.323 e. The lowest BCUT2D eigenvalue weighted by Crippen LogP contribution is -2.35. The molecule has 86 valence electrons. The lowest BCUT2D eigenvalue weighted by atomic mass is 9.85. The van der Waals surface area contributed by atoms with Gasteiger partial charge in [-0.15, -0.1) is 0 Å². The van der Waals surface area contributed by atoms with Crippen molar-refractivity contribution in [2.45, 2.75) is 32.7 Å². The smallest absolute Gasteiger partial charge is 0.321 e. The maximum Gasteiger partial charge on any atom is 0.321 e. The Morgan fingerprint density at radius 1 is 1.31 bits per heavy atom. The van der Waals surface area contributed by atoms with Gasteiger partial charge in [-0.2, -0.15) is 0 Å². The maximum atomic E-state index is 11.5. The fraction of sp³-hybridized carbons (Fsp3) is 0.462. The van der Waals surface area contributed by atoms with Gasteiger partial charge in [-0.25, -0.2) is 4.79 Å². The molecule has 0 saturated heterocycles. The van der Waals surface area contributed by atoms with Crippen LogP contribution in [-0.4, -0.2) is 18.0 Å². The normalized spacial score (nSPS) is 15.8. The summed E-state index contributed by atoms with van der Waals surface area (Å²) in [6.07, 6.45) is 0. The molecule has 3 heteroatoms. The van der Waals surface area contributed by atoms with E-state index in [-0.39, 0.29) is 11.4 Å². The van der Waals surface area contributed by atoms with Crippen LogP contribution in [0.4, 0.5) is 10.5 Å². The maximum absolute atomic E-state index is 11.5. The number of hydrogen-bond donors (Lipinski definition) is 1. The molecule has 1 aromatic rings. The molecule has 1 aliphatic rings. The average Bonchev–Trinajstić information content (AvgIpc) is 2.17. The second kappa shape index (κ2) is 3.51. The minimum atomic E-state index is -0.0315. The van der Waals surface area contributed by atoms with Crippen LogP contribution in [0.1, 0.15) is 31.9 Å². The number of carbonyl (C=O) groups is 1. The van der Waals surface area contributed by atoms with Gasteiger partial charge in [-0.3, -0.25) is 0 Å². The molecule has 1 heterocycles. The lowest BCUT2D eigenvalue weighted by molar-refractivity contribution is 0.218. The van der Waals surface area contributed by atoms with Crippen molar-refractivity contribution in [2.24, 2.45) is 0 Å². The summed E-state index contributed by atoms with van der Waals surface area (Å²) >= 11 is 0. The van der Waals surface area contributed by atoms with Gasteiger partial charge in [-0.05, 0) is 22.6 Å². The van der Waals surface area contributed by atoms with Crippen LogP contribution in [0.3, 0.4) is 0 Å². The third-order valence-electron chi connectivity index (χ3n) is 2.97. The number of carbonyl (C=O) groups excluding carboxylic acids is 1. The van der Waals surface area contributed by atoms with E-state index in [9.17, 15) is 4.79 Å². The standard InChI is InChI=1S/C13H18N2O/c1-13(2,3)10-5-6-11-9(7-10)8-15(4)12(16)14-11/h5-7H,8H2,1-4H3,(H,14,16).